The number of nitrogens with zero attached hydrogens (tertiary/aromatic N) is 2. The molecule has 0 saturated carbocycles. The third kappa shape index (κ3) is 5.93. The first kappa shape index (κ1) is 17.8. The average molecular weight is 326 g/mol. The highest BCUT2D eigenvalue weighted by atomic mass is 32.1. The Morgan fingerprint density at radius 1 is 1.33 bits per heavy atom. The minimum atomic E-state index is -0.352. The van der Waals surface area contributed by atoms with Crippen molar-refractivity contribution < 1.29 is 9.53 Å². The van der Waals surface area contributed by atoms with Gasteiger partial charge < -0.3 is 13.9 Å². The van der Waals surface area contributed by atoms with Gasteiger partial charge in [-0.05, 0) is 44.5 Å². The lowest BCUT2D eigenvalue weighted by Gasteiger charge is -2.11. The molecule has 21 heavy (non-hydrogen) atoms. The molecule has 1 rings (SSSR count). The van der Waals surface area contributed by atoms with Gasteiger partial charge in [0.1, 0.15) is 4.64 Å². The SMILES string of the molecule is C=CC(=O)OCCCCCCn1ccc(=S)n(CC)c1=S. The molecule has 0 aliphatic carbocycles. The lowest BCUT2D eigenvalue weighted by Crippen LogP contribution is -2.09. The van der Waals surface area contributed by atoms with Crippen LogP contribution in [0.25, 0.3) is 0 Å². The van der Waals surface area contributed by atoms with Crippen molar-refractivity contribution in [2.45, 2.75) is 45.7 Å². The highest BCUT2D eigenvalue weighted by Crippen LogP contribution is 2.05. The third-order valence-corrected chi connectivity index (χ3v) is 3.97. The first-order valence-corrected chi connectivity index (χ1v) is 8.01. The van der Waals surface area contributed by atoms with Crippen molar-refractivity contribution in [3.63, 3.8) is 0 Å². The molecule has 0 bridgehead atoms. The molecule has 0 spiro atoms. The van der Waals surface area contributed by atoms with E-state index in [0.717, 1.165) is 48.2 Å². The second-order valence-corrected chi connectivity index (χ2v) is 5.44. The van der Waals surface area contributed by atoms with Crippen LogP contribution in [0.4, 0.5) is 0 Å². The molecular weight excluding hydrogens is 304 g/mol. The number of hydrogen-bond donors (Lipinski definition) is 0. The number of aryl methyl sites for hydroxylation is 1. The van der Waals surface area contributed by atoms with Crippen LogP contribution in [0.1, 0.15) is 32.6 Å². The molecule has 0 amide bonds. The second kappa shape index (κ2) is 9.63. The van der Waals surface area contributed by atoms with Crippen molar-refractivity contribution in [3.05, 3.63) is 34.3 Å². The van der Waals surface area contributed by atoms with Gasteiger partial charge in [-0.15, -0.1) is 0 Å². The Labute approximate surface area is 136 Å². The second-order valence-electron chi connectivity index (χ2n) is 4.66. The van der Waals surface area contributed by atoms with E-state index < -0.39 is 0 Å². The zero-order valence-corrected chi connectivity index (χ0v) is 14.0. The first-order valence-electron chi connectivity index (χ1n) is 7.19. The predicted octanol–water partition coefficient (Wildman–Crippen LogP) is 4.06. The molecule has 0 unspecified atom stereocenters. The van der Waals surface area contributed by atoms with Crippen LogP contribution in [-0.2, 0) is 22.6 Å². The molecule has 0 saturated heterocycles. The number of carbonyl (C=O) groups is 1. The zero-order valence-electron chi connectivity index (χ0n) is 12.4. The van der Waals surface area contributed by atoms with Crippen molar-refractivity contribution in [2.75, 3.05) is 6.61 Å². The maximum Gasteiger partial charge on any atom is 0.330 e. The summed E-state index contributed by atoms with van der Waals surface area (Å²) in [5.74, 6) is -0.352. The molecule has 1 aromatic heterocycles. The van der Waals surface area contributed by atoms with Crippen LogP contribution < -0.4 is 0 Å². The maximum absolute atomic E-state index is 10.8. The number of hydrogen-bond acceptors (Lipinski definition) is 4. The summed E-state index contributed by atoms with van der Waals surface area (Å²) >= 11 is 10.7. The highest BCUT2D eigenvalue weighted by Gasteiger charge is 1.99. The van der Waals surface area contributed by atoms with Gasteiger partial charge in [0, 0.05) is 25.4 Å². The number of esters is 1. The van der Waals surface area contributed by atoms with E-state index in [1.54, 1.807) is 0 Å². The van der Waals surface area contributed by atoms with Crippen LogP contribution >= 0.6 is 24.4 Å². The van der Waals surface area contributed by atoms with Gasteiger partial charge in [0.2, 0.25) is 0 Å². The topological polar surface area (TPSA) is 36.2 Å². The van der Waals surface area contributed by atoms with Crippen molar-refractivity contribution >= 4 is 30.4 Å². The van der Waals surface area contributed by atoms with Gasteiger partial charge in [-0.3, -0.25) is 0 Å². The summed E-state index contributed by atoms with van der Waals surface area (Å²) in [6.45, 7) is 7.55. The molecule has 1 heterocycles. The van der Waals surface area contributed by atoms with E-state index in [-0.39, 0.29) is 5.97 Å². The van der Waals surface area contributed by atoms with Crippen LogP contribution in [0.15, 0.2) is 24.9 Å². The molecule has 0 aliphatic rings. The standard InChI is InChI=1S/C15H22N2O2S2/c1-3-14(18)19-12-8-6-5-7-10-16-11-9-13(20)17(4-2)15(16)21/h3,9,11H,1,4-8,10,12H2,2H3. The molecule has 6 heteroatoms. The average Bonchev–Trinajstić information content (AvgIpc) is 2.48. The lowest BCUT2D eigenvalue weighted by atomic mass is 10.2. The smallest absolute Gasteiger partial charge is 0.330 e. The molecular formula is C15H22N2O2S2. The summed E-state index contributed by atoms with van der Waals surface area (Å²) in [5, 5.41) is 0. The molecule has 0 atom stereocenters. The van der Waals surface area contributed by atoms with Gasteiger partial charge in [0.05, 0.1) is 6.61 Å². The van der Waals surface area contributed by atoms with Gasteiger partial charge in [-0.1, -0.05) is 25.2 Å². The molecule has 116 valence electrons. The largest absolute Gasteiger partial charge is 0.463 e. The summed E-state index contributed by atoms with van der Waals surface area (Å²) < 4.78 is 10.5. The van der Waals surface area contributed by atoms with Crippen LogP contribution in [0, 0.1) is 9.41 Å². The van der Waals surface area contributed by atoms with Crippen molar-refractivity contribution in [2.24, 2.45) is 0 Å². The molecule has 0 radical (unpaired) electrons. The fourth-order valence-corrected chi connectivity index (χ4v) is 2.70. The minimum Gasteiger partial charge on any atom is -0.463 e. The van der Waals surface area contributed by atoms with E-state index in [4.69, 9.17) is 29.2 Å². The Morgan fingerprint density at radius 3 is 2.71 bits per heavy atom. The first-order chi connectivity index (χ1) is 10.1. The molecule has 0 fully saturated rings. The fourth-order valence-electron chi connectivity index (χ4n) is 1.99. The minimum absolute atomic E-state index is 0.352. The normalized spacial score (nSPS) is 10.3. The maximum atomic E-state index is 10.8. The summed E-state index contributed by atoms with van der Waals surface area (Å²) in [7, 11) is 0. The monoisotopic (exact) mass is 326 g/mol. The number of rotatable bonds is 9. The molecule has 1 aromatic rings. The van der Waals surface area contributed by atoms with E-state index in [0.29, 0.717) is 6.61 Å². The summed E-state index contributed by atoms with van der Waals surface area (Å²) in [6.07, 6.45) is 7.19. The highest BCUT2D eigenvalue weighted by molar-refractivity contribution is 7.72. The molecule has 0 aliphatic heterocycles. The van der Waals surface area contributed by atoms with Crippen LogP contribution in [0.3, 0.4) is 0 Å². The van der Waals surface area contributed by atoms with Crippen molar-refractivity contribution in [1.29, 1.82) is 0 Å². The number of ether oxygens (including phenoxy) is 1. The van der Waals surface area contributed by atoms with Crippen molar-refractivity contribution in [3.8, 4) is 0 Å². The summed E-state index contributed by atoms with van der Waals surface area (Å²) in [5.41, 5.74) is 0. The van der Waals surface area contributed by atoms with Gasteiger partial charge in [-0.25, -0.2) is 4.79 Å². The van der Waals surface area contributed by atoms with E-state index in [1.165, 1.54) is 6.08 Å². The van der Waals surface area contributed by atoms with E-state index in [9.17, 15) is 4.79 Å². The van der Waals surface area contributed by atoms with Crippen LogP contribution in [-0.4, -0.2) is 21.7 Å². The van der Waals surface area contributed by atoms with E-state index in [1.807, 2.05) is 23.8 Å². The quantitative estimate of drug-likeness (QED) is 0.297. The molecule has 0 aromatic carbocycles. The van der Waals surface area contributed by atoms with Gasteiger partial charge in [-0.2, -0.15) is 0 Å². The van der Waals surface area contributed by atoms with Gasteiger partial charge in [0.25, 0.3) is 0 Å². The number of unbranched alkanes of at least 4 members (excludes halogenated alkanes) is 3. The van der Waals surface area contributed by atoms with E-state index in [2.05, 4.69) is 11.1 Å². The third-order valence-electron chi connectivity index (χ3n) is 3.16. The van der Waals surface area contributed by atoms with Crippen molar-refractivity contribution in [1.82, 2.24) is 9.13 Å². The Kier molecular flexibility index (Phi) is 8.15. The number of aromatic nitrogens is 2. The Hall–Kier alpha value is -1.27. The zero-order chi connectivity index (χ0) is 15.7. The lowest BCUT2D eigenvalue weighted by molar-refractivity contribution is -0.137. The Bertz CT molecular complexity index is 590. The summed E-state index contributed by atoms with van der Waals surface area (Å²) in [6, 6.07) is 1.92. The Morgan fingerprint density at radius 2 is 2.05 bits per heavy atom. The van der Waals surface area contributed by atoms with Crippen LogP contribution in [0.5, 0.6) is 0 Å². The van der Waals surface area contributed by atoms with E-state index >= 15 is 0 Å². The number of carbonyl (C=O) groups excluding carboxylic acids is 1. The fraction of sp³-hybridized carbons (Fsp3) is 0.533. The van der Waals surface area contributed by atoms with Crippen LogP contribution in [0.2, 0.25) is 0 Å². The van der Waals surface area contributed by atoms with Gasteiger partial charge >= 0.3 is 5.97 Å². The molecule has 0 N–H and O–H groups in total. The van der Waals surface area contributed by atoms with Gasteiger partial charge in [0.15, 0.2) is 4.77 Å². The Balaban J connectivity index is 2.31. The predicted molar refractivity (Wildman–Crippen MR) is 89.4 cm³/mol. The molecule has 4 nitrogen and oxygen atoms in total. The summed E-state index contributed by atoms with van der Waals surface area (Å²) in [4.78, 5) is 10.8.